The summed E-state index contributed by atoms with van der Waals surface area (Å²) in [7, 11) is 0. The summed E-state index contributed by atoms with van der Waals surface area (Å²) < 4.78 is 0. The van der Waals surface area contributed by atoms with E-state index in [4.69, 9.17) is 5.73 Å². The number of nitrogen functional groups attached to an aromatic ring is 1. The van der Waals surface area contributed by atoms with E-state index in [9.17, 15) is 0 Å². The predicted molar refractivity (Wildman–Crippen MR) is 72.2 cm³/mol. The van der Waals surface area contributed by atoms with Gasteiger partial charge in [0.1, 0.15) is 0 Å². The lowest BCUT2D eigenvalue weighted by molar-refractivity contribution is 0.692. The van der Waals surface area contributed by atoms with Crippen LogP contribution in [0.15, 0.2) is 42.5 Å². The standard InChI is InChI=1S/C16H17N/c1-11-7-12(9-13(17)8-11)10-16(2)14-5-3-4-6-15(14)16/h3-9H,10,17H2,1-2H3. The number of hydrogen-bond acceptors (Lipinski definition) is 1. The molecular formula is C16H17N. The normalized spacial score (nSPS) is 15.4. The van der Waals surface area contributed by atoms with Crippen LogP contribution in [0, 0.1) is 6.92 Å². The highest BCUT2D eigenvalue weighted by Crippen LogP contribution is 2.51. The third-order valence-corrected chi connectivity index (χ3v) is 3.77. The van der Waals surface area contributed by atoms with Crippen LogP contribution < -0.4 is 5.73 Å². The zero-order valence-corrected chi connectivity index (χ0v) is 10.3. The van der Waals surface area contributed by atoms with E-state index in [1.165, 1.54) is 22.3 Å². The first-order valence-corrected chi connectivity index (χ1v) is 6.06. The van der Waals surface area contributed by atoms with Crippen LogP contribution >= 0.6 is 0 Å². The van der Waals surface area contributed by atoms with Crippen molar-refractivity contribution < 1.29 is 0 Å². The van der Waals surface area contributed by atoms with Crippen LogP contribution in [0.2, 0.25) is 0 Å². The molecule has 1 aliphatic carbocycles. The molecule has 1 aliphatic rings. The van der Waals surface area contributed by atoms with Crippen LogP contribution in [0.5, 0.6) is 0 Å². The van der Waals surface area contributed by atoms with E-state index in [2.05, 4.69) is 50.2 Å². The van der Waals surface area contributed by atoms with Crippen molar-refractivity contribution in [2.24, 2.45) is 0 Å². The van der Waals surface area contributed by atoms with Crippen LogP contribution in [-0.4, -0.2) is 0 Å². The van der Waals surface area contributed by atoms with Crippen molar-refractivity contribution in [1.29, 1.82) is 0 Å². The Kier molecular flexibility index (Phi) is 2.06. The van der Waals surface area contributed by atoms with E-state index >= 15 is 0 Å². The lowest BCUT2D eigenvalue weighted by atomic mass is 9.93. The van der Waals surface area contributed by atoms with Gasteiger partial charge >= 0.3 is 0 Å². The summed E-state index contributed by atoms with van der Waals surface area (Å²) in [5, 5.41) is 0. The molecule has 0 radical (unpaired) electrons. The van der Waals surface area contributed by atoms with E-state index in [0.717, 1.165) is 12.1 Å². The zero-order valence-electron chi connectivity index (χ0n) is 10.3. The molecule has 0 aliphatic heterocycles. The Morgan fingerprint density at radius 3 is 2.29 bits per heavy atom. The van der Waals surface area contributed by atoms with Crippen molar-refractivity contribution in [3.63, 3.8) is 0 Å². The minimum absolute atomic E-state index is 0.240. The first-order valence-electron chi connectivity index (χ1n) is 6.06. The maximum atomic E-state index is 5.90. The molecule has 86 valence electrons. The average Bonchev–Trinajstić information content (AvgIpc) is 2.83. The van der Waals surface area contributed by atoms with Gasteiger partial charge in [0, 0.05) is 11.1 Å². The van der Waals surface area contributed by atoms with E-state index in [0.29, 0.717) is 0 Å². The maximum Gasteiger partial charge on any atom is 0.0319 e. The van der Waals surface area contributed by atoms with Gasteiger partial charge in [-0.05, 0) is 47.7 Å². The van der Waals surface area contributed by atoms with Crippen LogP contribution in [-0.2, 0) is 11.8 Å². The number of nitrogens with two attached hydrogens (primary N) is 1. The second-order valence-electron chi connectivity index (χ2n) is 5.31. The molecule has 0 saturated carbocycles. The van der Waals surface area contributed by atoms with Gasteiger partial charge in [0.25, 0.3) is 0 Å². The van der Waals surface area contributed by atoms with E-state index < -0.39 is 0 Å². The Labute approximate surface area is 102 Å². The minimum Gasteiger partial charge on any atom is -0.399 e. The molecular weight excluding hydrogens is 206 g/mol. The first-order chi connectivity index (χ1) is 8.09. The van der Waals surface area contributed by atoms with Gasteiger partial charge in [-0.2, -0.15) is 0 Å². The smallest absolute Gasteiger partial charge is 0.0319 e. The van der Waals surface area contributed by atoms with Gasteiger partial charge in [0.05, 0.1) is 0 Å². The number of rotatable bonds is 2. The summed E-state index contributed by atoms with van der Waals surface area (Å²) in [6, 6.07) is 15.1. The first kappa shape index (κ1) is 10.4. The third-order valence-electron chi connectivity index (χ3n) is 3.77. The van der Waals surface area contributed by atoms with Gasteiger partial charge in [-0.25, -0.2) is 0 Å². The number of hydrogen-bond donors (Lipinski definition) is 1. The van der Waals surface area contributed by atoms with Crippen LogP contribution in [0.4, 0.5) is 5.69 Å². The Balaban J connectivity index is 1.90. The predicted octanol–water partition coefficient (Wildman–Crippen LogP) is 3.44. The second-order valence-corrected chi connectivity index (χ2v) is 5.31. The zero-order chi connectivity index (χ0) is 12.0. The van der Waals surface area contributed by atoms with E-state index in [1.54, 1.807) is 0 Å². The lowest BCUT2D eigenvalue weighted by Crippen LogP contribution is -2.07. The van der Waals surface area contributed by atoms with E-state index in [1.807, 2.05) is 6.07 Å². The molecule has 2 N–H and O–H groups in total. The monoisotopic (exact) mass is 223 g/mol. The molecule has 0 atom stereocenters. The largest absolute Gasteiger partial charge is 0.399 e. The third kappa shape index (κ3) is 1.62. The fourth-order valence-electron chi connectivity index (χ4n) is 2.91. The molecule has 2 aromatic carbocycles. The fraction of sp³-hybridized carbons (Fsp3) is 0.250. The van der Waals surface area contributed by atoms with Crippen molar-refractivity contribution in [3.05, 3.63) is 64.7 Å². The number of anilines is 1. The molecule has 0 aromatic heterocycles. The Morgan fingerprint density at radius 1 is 1.06 bits per heavy atom. The molecule has 2 aromatic rings. The van der Waals surface area contributed by atoms with Gasteiger partial charge in [-0.15, -0.1) is 0 Å². The quantitative estimate of drug-likeness (QED) is 0.775. The highest BCUT2D eigenvalue weighted by atomic mass is 14.5. The van der Waals surface area contributed by atoms with Gasteiger partial charge in [-0.3, -0.25) is 0 Å². The van der Waals surface area contributed by atoms with Gasteiger partial charge in [0.15, 0.2) is 0 Å². The molecule has 1 heteroatoms. The molecule has 0 spiro atoms. The van der Waals surface area contributed by atoms with Crippen molar-refractivity contribution in [1.82, 2.24) is 0 Å². The van der Waals surface area contributed by atoms with Gasteiger partial charge < -0.3 is 5.73 Å². The summed E-state index contributed by atoms with van der Waals surface area (Å²) in [5.41, 5.74) is 12.6. The number of aryl methyl sites for hydroxylation is 1. The Morgan fingerprint density at radius 2 is 1.71 bits per heavy atom. The molecule has 1 nitrogen and oxygen atoms in total. The fourth-order valence-corrected chi connectivity index (χ4v) is 2.91. The van der Waals surface area contributed by atoms with E-state index in [-0.39, 0.29) is 5.41 Å². The molecule has 17 heavy (non-hydrogen) atoms. The summed E-state index contributed by atoms with van der Waals surface area (Å²) >= 11 is 0. The van der Waals surface area contributed by atoms with Gasteiger partial charge in [-0.1, -0.05) is 37.3 Å². The van der Waals surface area contributed by atoms with Crippen molar-refractivity contribution in [2.75, 3.05) is 5.73 Å². The number of benzene rings is 2. The molecule has 0 unspecified atom stereocenters. The number of fused-ring (bicyclic) bond motifs is 1. The summed E-state index contributed by atoms with van der Waals surface area (Å²) in [6.07, 6.45) is 1.05. The van der Waals surface area contributed by atoms with Crippen molar-refractivity contribution in [2.45, 2.75) is 25.7 Å². The second kappa shape index (κ2) is 3.36. The Bertz CT molecular complexity index is 541. The highest BCUT2D eigenvalue weighted by Gasteiger charge is 2.45. The lowest BCUT2D eigenvalue weighted by Gasteiger charge is -2.11. The topological polar surface area (TPSA) is 26.0 Å². The molecule has 3 rings (SSSR count). The van der Waals surface area contributed by atoms with Crippen LogP contribution in [0.3, 0.4) is 0 Å². The molecule has 0 heterocycles. The molecule has 0 bridgehead atoms. The summed E-state index contributed by atoms with van der Waals surface area (Å²) in [6.45, 7) is 4.42. The molecule has 0 fully saturated rings. The van der Waals surface area contributed by atoms with Crippen LogP contribution in [0.25, 0.3) is 0 Å². The summed E-state index contributed by atoms with van der Waals surface area (Å²) in [5.74, 6) is 0. The Hall–Kier alpha value is -1.76. The minimum atomic E-state index is 0.240. The summed E-state index contributed by atoms with van der Waals surface area (Å²) in [4.78, 5) is 0. The van der Waals surface area contributed by atoms with Gasteiger partial charge in [0.2, 0.25) is 0 Å². The molecule has 0 amide bonds. The van der Waals surface area contributed by atoms with Crippen molar-refractivity contribution in [3.8, 4) is 0 Å². The molecule has 0 saturated heterocycles. The SMILES string of the molecule is Cc1cc(N)cc(CC2(C)c3ccccc32)c1. The maximum absolute atomic E-state index is 5.90. The van der Waals surface area contributed by atoms with Crippen LogP contribution in [0.1, 0.15) is 29.2 Å². The van der Waals surface area contributed by atoms with Crippen molar-refractivity contribution >= 4 is 5.69 Å². The average molecular weight is 223 g/mol. The highest BCUT2D eigenvalue weighted by molar-refractivity contribution is 5.60.